The van der Waals surface area contributed by atoms with E-state index in [0.717, 1.165) is 54.0 Å². The second-order valence-electron chi connectivity index (χ2n) is 5.18. The minimum Gasteiger partial charge on any atom is -0.490 e. The van der Waals surface area contributed by atoms with Crippen LogP contribution in [0.3, 0.4) is 0 Å². The van der Waals surface area contributed by atoms with Gasteiger partial charge in [0.25, 0.3) is 0 Å². The van der Waals surface area contributed by atoms with E-state index in [4.69, 9.17) is 14.6 Å². The predicted molar refractivity (Wildman–Crippen MR) is 97.4 cm³/mol. The Morgan fingerprint density at radius 2 is 1.78 bits per heavy atom. The highest BCUT2D eigenvalue weighted by Crippen LogP contribution is 2.34. The summed E-state index contributed by atoms with van der Waals surface area (Å²) < 4.78 is 12.5. The minimum atomic E-state index is 0.188. The van der Waals surface area contributed by atoms with E-state index >= 15 is 0 Å². The van der Waals surface area contributed by atoms with E-state index in [1.807, 2.05) is 19.1 Å². The van der Waals surface area contributed by atoms with Crippen molar-refractivity contribution in [3.05, 3.63) is 22.2 Å². The van der Waals surface area contributed by atoms with Gasteiger partial charge in [-0.1, -0.05) is 22.9 Å². The fourth-order valence-corrected chi connectivity index (χ4v) is 2.53. The molecule has 1 aromatic carbocycles. The van der Waals surface area contributed by atoms with Gasteiger partial charge in [0.15, 0.2) is 11.5 Å². The van der Waals surface area contributed by atoms with Crippen molar-refractivity contribution in [3.63, 3.8) is 0 Å². The molecule has 0 aliphatic carbocycles. The molecule has 1 aromatic rings. The van der Waals surface area contributed by atoms with E-state index in [2.05, 4.69) is 33.5 Å². The van der Waals surface area contributed by atoms with E-state index in [1.54, 1.807) is 0 Å². The number of hydrogen-bond donors (Lipinski definition) is 3. The summed E-state index contributed by atoms with van der Waals surface area (Å²) in [5.74, 6) is 1.59. The van der Waals surface area contributed by atoms with Crippen molar-refractivity contribution in [2.24, 2.45) is 0 Å². The molecule has 0 aliphatic rings. The normalized spacial score (nSPS) is 10.8. The lowest BCUT2D eigenvalue weighted by molar-refractivity contribution is 0.276. The predicted octanol–water partition coefficient (Wildman–Crippen LogP) is 2.70. The molecule has 0 saturated heterocycles. The van der Waals surface area contributed by atoms with Gasteiger partial charge in [-0.2, -0.15) is 0 Å². The van der Waals surface area contributed by atoms with Crippen molar-refractivity contribution >= 4 is 15.9 Å². The van der Waals surface area contributed by atoms with Crippen molar-refractivity contribution in [1.29, 1.82) is 0 Å². The van der Waals surface area contributed by atoms with Crippen LogP contribution in [0, 0.1) is 0 Å². The molecule has 0 unspecified atom stereocenters. The molecule has 0 spiro atoms. The number of rotatable bonds is 13. The highest BCUT2D eigenvalue weighted by atomic mass is 79.9. The summed E-state index contributed by atoms with van der Waals surface area (Å²) in [6.45, 7) is 8.81. The first-order chi connectivity index (χ1) is 11.2. The first-order valence-electron chi connectivity index (χ1n) is 8.33. The second-order valence-corrected chi connectivity index (χ2v) is 6.03. The van der Waals surface area contributed by atoms with Crippen LogP contribution in [0.1, 0.15) is 32.3 Å². The van der Waals surface area contributed by atoms with Gasteiger partial charge >= 0.3 is 0 Å². The number of ether oxygens (including phenoxy) is 2. The maximum atomic E-state index is 8.69. The van der Waals surface area contributed by atoms with Crippen molar-refractivity contribution in [1.82, 2.24) is 10.6 Å². The van der Waals surface area contributed by atoms with Crippen LogP contribution in [0.2, 0.25) is 0 Å². The van der Waals surface area contributed by atoms with E-state index in [1.165, 1.54) is 0 Å². The third kappa shape index (κ3) is 8.01. The third-order valence-electron chi connectivity index (χ3n) is 3.19. The molecule has 0 amide bonds. The molecule has 0 fully saturated rings. The maximum Gasteiger partial charge on any atom is 0.162 e. The molecule has 23 heavy (non-hydrogen) atoms. The molecule has 6 heteroatoms. The van der Waals surface area contributed by atoms with Gasteiger partial charge in [0.2, 0.25) is 0 Å². The summed E-state index contributed by atoms with van der Waals surface area (Å²) in [6.07, 6.45) is 1.99. The van der Waals surface area contributed by atoms with Gasteiger partial charge in [-0.05, 0) is 50.6 Å². The number of nitrogens with one attached hydrogen (secondary N) is 2. The summed E-state index contributed by atoms with van der Waals surface area (Å²) in [5, 5.41) is 15.3. The molecular formula is C17H29BrN2O3. The lowest BCUT2D eigenvalue weighted by Crippen LogP contribution is -2.24. The molecule has 1 rings (SSSR count). The SMILES string of the molecule is CCCOc1cc(Br)c(CNCCCNCCO)cc1OCC. The quantitative estimate of drug-likeness (QED) is 0.453. The van der Waals surface area contributed by atoms with Crippen LogP contribution < -0.4 is 20.1 Å². The minimum absolute atomic E-state index is 0.188. The molecule has 0 aromatic heterocycles. The molecule has 0 bridgehead atoms. The Morgan fingerprint density at radius 3 is 2.48 bits per heavy atom. The van der Waals surface area contributed by atoms with E-state index in [0.29, 0.717) is 19.8 Å². The number of hydrogen-bond acceptors (Lipinski definition) is 5. The van der Waals surface area contributed by atoms with Crippen molar-refractivity contribution in [2.75, 3.05) is 39.5 Å². The zero-order valence-electron chi connectivity index (χ0n) is 14.2. The summed E-state index contributed by atoms with van der Waals surface area (Å²) in [4.78, 5) is 0. The lowest BCUT2D eigenvalue weighted by Gasteiger charge is -2.15. The van der Waals surface area contributed by atoms with E-state index in [9.17, 15) is 0 Å². The average molecular weight is 389 g/mol. The van der Waals surface area contributed by atoms with Gasteiger partial charge in [-0.15, -0.1) is 0 Å². The monoisotopic (exact) mass is 388 g/mol. The van der Waals surface area contributed by atoms with Gasteiger partial charge < -0.3 is 25.2 Å². The summed E-state index contributed by atoms with van der Waals surface area (Å²) >= 11 is 3.61. The molecule has 132 valence electrons. The molecule has 0 radical (unpaired) electrons. The van der Waals surface area contributed by atoms with Gasteiger partial charge in [0.05, 0.1) is 19.8 Å². The van der Waals surface area contributed by atoms with Crippen LogP contribution in [0.15, 0.2) is 16.6 Å². The number of aliphatic hydroxyl groups is 1. The molecule has 0 atom stereocenters. The molecule has 0 aliphatic heterocycles. The first kappa shape index (κ1) is 20.2. The van der Waals surface area contributed by atoms with Crippen LogP contribution in [0.4, 0.5) is 0 Å². The third-order valence-corrected chi connectivity index (χ3v) is 3.92. The molecule has 0 saturated carbocycles. The summed E-state index contributed by atoms with van der Waals surface area (Å²) in [5.41, 5.74) is 1.15. The summed E-state index contributed by atoms with van der Waals surface area (Å²) in [6, 6.07) is 4.02. The molecular weight excluding hydrogens is 360 g/mol. The van der Waals surface area contributed by atoms with Gasteiger partial charge in [0, 0.05) is 17.6 Å². The van der Waals surface area contributed by atoms with Gasteiger partial charge in [-0.3, -0.25) is 0 Å². The van der Waals surface area contributed by atoms with Crippen LogP contribution in [0.25, 0.3) is 0 Å². The second kappa shape index (κ2) is 12.6. The zero-order chi connectivity index (χ0) is 16.9. The molecule has 3 N–H and O–H groups in total. The zero-order valence-corrected chi connectivity index (χ0v) is 15.7. The highest BCUT2D eigenvalue weighted by molar-refractivity contribution is 9.10. The van der Waals surface area contributed by atoms with Crippen LogP contribution in [-0.2, 0) is 6.54 Å². The van der Waals surface area contributed by atoms with Gasteiger partial charge in [0.1, 0.15) is 0 Å². The van der Waals surface area contributed by atoms with E-state index in [-0.39, 0.29) is 6.61 Å². The number of halogens is 1. The van der Waals surface area contributed by atoms with Gasteiger partial charge in [-0.25, -0.2) is 0 Å². The average Bonchev–Trinajstić information content (AvgIpc) is 2.55. The van der Waals surface area contributed by atoms with Crippen LogP contribution >= 0.6 is 15.9 Å². The van der Waals surface area contributed by atoms with Crippen LogP contribution in [-0.4, -0.2) is 44.6 Å². The fraction of sp³-hybridized carbons (Fsp3) is 0.647. The highest BCUT2D eigenvalue weighted by Gasteiger charge is 2.10. The van der Waals surface area contributed by atoms with Crippen LogP contribution in [0.5, 0.6) is 11.5 Å². The first-order valence-corrected chi connectivity index (χ1v) is 9.12. The Bertz CT molecular complexity index is 444. The lowest BCUT2D eigenvalue weighted by atomic mass is 10.2. The van der Waals surface area contributed by atoms with E-state index < -0.39 is 0 Å². The maximum absolute atomic E-state index is 8.69. The molecule has 0 heterocycles. The Balaban J connectivity index is 2.52. The Hall–Kier alpha value is -0.820. The molecule has 5 nitrogen and oxygen atoms in total. The number of aliphatic hydroxyl groups excluding tert-OH is 1. The number of benzene rings is 1. The van der Waals surface area contributed by atoms with Crippen molar-refractivity contribution < 1.29 is 14.6 Å². The fourth-order valence-electron chi connectivity index (χ4n) is 2.07. The van der Waals surface area contributed by atoms with Crippen molar-refractivity contribution in [3.8, 4) is 11.5 Å². The Labute approximate surface area is 147 Å². The Kier molecular flexibility index (Phi) is 11.1. The standard InChI is InChI=1S/C17H29BrN2O3/c1-3-10-23-17-12-15(18)14(11-16(17)22-4-2)13-20-7-5-6-19-8-9-21/h11-12,19-21H,3-10,13H2,1-2H3. The van der Waals surface area contributed by atoms with Crippen molar-refractivity contribution in [2.45, 2.75) is 33.2 Å². The topological polar surface area (TPSA) is 62.8 Å². The largest absolute Gasteiger partial charge is 0.490 e. The Morgan fingerprint density at radius 1 is 1.04 bits per heavy atom. The summed E-state index contributed by atoms with van der Waals surface area (Å²) in [7, 11) is 0. The smallest absolute Gasteiger partial charge is 0.162 e.